The Bertz CT molecular complexity index is 201. The first-order valence-corrected chi connectivity index (χ1v) is 6.92. The van der Waals surface area contributed by atoms with E-state index in [4.69, 9.17) is 0 Å². The maximum absolute atomic E-state index is 11.2. The van der Waals surface area contributed by atoms with E-state index in [1.54, 1.807) is 0 Å². The SMILES string of the molecule is CCC(CSC)NCCN1CCNC1=O. The number of thioether (sulfide) groups is 1. The summed E-state index contributed by atoms with van der Waals surface area (Å²) in [5.41, 5.74) is 0. The first-order valence-electron chi connectivity index (χ1n) is 5.53. The highest BCUT2D eigenvalue weighted by Gasteiger charge is 2.18. The Morgan fingerprint density at radius 2 is 2.47 bits per heavy atom. The topological polar surface area (TPSA) is 44.4 Å². The van der Waals surface area contributed by atoms with Crippen molar-refractivity contribution in [3.8, 4) is 0 Å². The molecule has 1 saturated heterocycles. The lowest BCUT2D eigenvalue weighted by molar-refractivity contribution is 0.217. The number of carbonyl (C=O) groups is 1. The number of rotatable bonds is 7. The van der Waals surface area contributed by atoms with Crippen LogP contribution in [-0.4, -0.2) is 55.2 Å². The van der Waals surface area contributed by atoms with Crippen LogP contribution in [0, 0.1) is 0 Å². The zero-order chi connectivity index (χ0) is 11.1. The molecule has 1 aliphatic heterocycles. The maximum atomic E-state index is 11.2. The van der Waals surface area contributed by atoms with Gasteiger partial charge in [0.25, 0.3) is 0 Å². The molecule has 2 amide bonds. The Labute approximate surface area is 96.2 Å². The first-order chi connectivity index (χ1) is 7.27. The fourth-order valence-electron chi connectivity index (χ4n) is 1.65. The van der Waals surface area contributed by atoms with Gasteiger partial charge in [-0.3, -0.25) is 0 Å². The molecule has 1 aliphatic rings. The van der Waals surface area contributed by atoms with E-state index in [1.807, 2.05) is 16.7 Å². The standard InChI is InChI=1S/C10H21N3OS/c1-3-9(8-15-2)11-4-6-13-7-5-12-10(13)14/h9,11H,3-8H2,1-2H3,(H,12,14). The van der Waals surface area contributed by atoms with Crippen molar-refractivity contribution >= 4 is 17.8 Å². The number of carbonyl (C=O) groups excluding carboxylic acids is 1. The molecule has 1 heterocycles. The lowest BCUT2D eigenvalue weighted by Crippen LogP contribution is -2.39. The molecule has 0 aromatic heterocycles. The Kier molecular flexibility index (Phi) is 5.86. The number of hydrogen-bond donors (Lipinski definition) is 2. The van der Waals surface area contributed by atoms with E-state index in [0.717, 1.165) is 38.4 Å². The van der Waals surface area contributed by atoms with Gasteiger partial charge in [0.2, 0.25) is 0 Å². The van der Waals surface area contributed by atoms with E-state index in [9.17, 15) is 4.79 Å². The summed E-state index contributed by atoms with van der Waals surface area (Å²) in [5.74, 6) is 1.14. The first kappa shape index (κ1) is 12.6. The lowest BCUT2D eigenvalue weighted by atomic mass is 10.2. The quantitative estimate of drug-likeness (QED) is 0.679. The Balaban J connectivity index is 2.11. The molecule has 0 spiro atoms. The summed E-state index contributed by atoms with van der Waals surface area (Å²) in [6, 6.07) is 0.653. The molecule has 0 bridgehead atoms. The lowest BCUT2D eigenvalue weighted by Gasteiger charge is -2.19. The van der Waals surface area contributed by atoms with Crippen LogP contribution in [0.25, 0.3) is 0 Å². The van der Waals surface area contributed by atoms with Crippen LogP contribution in [-0.2, 0) is 0 Å². The number of urea groups is 1. The molecule has 5 heteroatoms. The van der Waals surface area contributed by atoms with Gasteiger partial charge in [-0.05, 0) is 12.7 Å². The van der Waals surface area contributed by atoms with Crippen molar-refractivity contribution in [2.75, 3.05) is 38.2 Å². The van der Waals surface area contributed by atoms with Crippen LogP contribution in [0.3, 0.4) is 0 Å². The maximum Gasteiger partial charge on any atom is 0.317 e. The fourth-order valence-corrected chi connectivity index (χ4v) is 2.41. The Morgan fingerprint density at radius 1 is 1.67 bits per heavy atom. The van der Waals surface area contributed by atoms with Crippen molar-refractivity contribution in [2.45, 2.75) is 19.4 Å². The summed E-state index contributed by atoms with van der Waals surface area (Å²) >= 11 is 1.86. The minimum absolute atomic E-state index is 0.0784. The summed E-state index contributed by atoms with van der Waals surface area (Å²) < 4.78 is 0. The smallest absolute Gasteiger partial charge is 0.317 e. The van der Waals surface area contributed by atoms with Crippen molar-refractivity contribution in [1.29, 1.82) is 0 Å². The van der Waals surface area contributed by atoms with Gasteiger partial charge in [0.15, 0.2) is 0 Å². The minimum atomic E-state index is 0.0784. The summed E-state index contributed by atoms with van der Waals surface area (Å²) in [4.78, 5) is 13.1. The summed E-state index contributed by atoms with van der Waals surface area (Å²) in [6.45, 7) is 5.54. The van der Waals surface area contributed by atoms with Crippen molar-refractivity contribution in [3.63, 3.8) is 0 Å². The van der Waals surface area contributed by atoms with Crippen molar-refractivity contribution < 1.29 is 4.79 Å². The predicted octanol–water partition coefficient (Wildman–Crippen LogP) is 0.743. The molecule has 0 radical (unpaired) electrons. The van der Waals surface area contributed by atoms with Crippen LogP contribution < -0.4 is 10.6 Å². The molecule has 1 fully saturated rings. The molecule has 15 heavy (non-hydrogen) atoms. The second-order valence-corrected chi connectivity index (χ2v) is 4.64. The second-order valence-electron chi connectivity index (χ2n) is 3.73. The number of amides is 2. The number of nitrogens with one attached hydrogen (secondary N) is 2. The zero-order valence-corrected chi connectivity index (χ0v) is 10.4. The highest BCUT2D eigenvalue weighted by atomic mass is 32.2. The van der Waals surface area contributed by atoms with Crippen molar-refractivity contribution in [3.05, 3.63) is 0 Å². The molecule has 4 nitrogen and oxygen atoms in total. The van der Waals surface area contributed by atoms with E-state index in [0.29, 0.717) is 6.04 Å². The van der Waals surface area contributed by atoms with Gasteiger partial charge in [-0.1, -0.05) is 6.92 Å². The van der Waals surface area contributed by atoms with Crippen LogP contribution in [0.1, 0.15) is 13.3 Å². The van der Waals surface area contributed by atoms with Gasteiger partial charge in [-0.2, -0.15) is 11.8 Å². The van der Waals surface area contributed by atoms with Crippen molar-refractivity contribution in [1.82, 2.24) is 15.5 Å². The number of hydrogen-bond acceptors (Lipinski definition) is 3. The molecular formula is C10H21N3OS. The summed E-state index contributed by atoms with van der Waals surface area (Å²) in [6.07, 6.45) is 3.27. The van der Waals surface area contributed by atoms with Gasteiger partial charge in [-0.15, -0.1) is 0 Å². The average molecular weight is 231 g/mol. The molecule has 0 aromatic carbocycles. The molecule has 88 valence electrons. The van der Waals surface area contributed by atoms with Crippen LogP contribution in [0.4, 0.5) is 4.79 Å². The third-order valence-corrected chi connectivity index (χ3v) is 3.36. The largest absolute Gasteiger partial charge is 0.336 e. The van der Waals surface area contributed by atoms with E-state index in [-0.39, 0.29) is 6.03 Å². The highest BCUT2D eigenvalue weighted by Crippen LogP contribution is 2.01. The second kappa shape index (κ2) is 6.95. The highest BCUT2D eigenvalue weighted by molar-refractivity contribution is 7.98. The molecule has 0 saturated carbocycles. The summed E-state index contributed by atoms with van der Waals surface area (Å²) in [7, 11) is 0. The van der Waals surface area contributed by atoms with Crippen LogP contribution in [0.15, 0.2) is 0 Å². The average Bonchev–Trinajstić information content (AvgIpc) is 2.63. The molecule has 0 aromatic rings. The van der Waals surface area contributed by atoms with E-state index < -0.39 is 0 Å². The van der Waals surface area contributed by atoms with Gasteiger partial charge in [0.05, 0.1) is 0 Å². The van der Waals surface area contributed by atoms with Crippen LogP contribution in [0.5, 0.6) is 0 Å². The van der Waals surface area contributed by atoms with Crippen LogP contribution >= 0.6 is 11.8 Å². The third kappa shape index (κ3) is 4.30. The van der Waals surface area contributed by atoms with E-state index >= 15 is 0 Å². The van der Waals surface area contributed by atoms with Gasteiger partial charge in [0, 0.05) is 38.0 Å². The minimum Gasteiger partial charge on any atom is -0.336 e. The normalized spacial score (nSPS) is 18.0. The van der Waals surface area contributed by atoms with Gasteiger partial charge in [-0.25, -0.2) is 4.79 Å². The fraction of sp³-hybridized carbons (Fsp3) is 0.900. The third-order valence-electron chi connectivity index (χ3n) is 2.62. The predicted molar refractivity (Wildman–Crippen MR) is 65.4 cm³/mol. The molecule has 2 N–H and O–H groups in total. The number of nitrogens with zero attached hydrogens (tertiary/aromatic N) is 1. The molecule has 0 aliphatic carbocycles. The molecular weight excluding hydrogens is 210 g/mol. The van der Waals surface area contributed by atoms with Gasteiger partial charge >= 0.3 is 6.03 Å². The van der Waals surface area contributed by atoms with Crippen molar-refractivity contribution in [2.24, 2.45) is 0 Å². The van der Waals surface area contributed by atoms with Gasteiger partial charge in [0.1, 0.15) is 0 Å². The Morgan fingerprint density at radius 3 is 3.00 bits per heavy atom. The van der Waals surface area contributed by atoms with E-state index in [1.165, 1.54) is 0 Å². The molecule has 1 atom stereocenters. The monoisotopic (exact) mass is 231 g/mol. The van der Waals surface area contributed by atoms with E-state index in [2.05, 4.69) is 23.8 Å². The molecule has 1 unspecified atom stereocenters. The molecule has 1 rings (SSSR count). The summed E-state index contributed by atoms with van der Waals surface area (Å²) in [5, 5.41) is 6.28. The Hall–Kier alpha value is -0.420. The van der Waals surface area contributed by atoms with Crippen LogP contribution in [0.2, 0.25) is 0 Å². The van der Waals surface area contributed by atoms with Gasteiger partial charge < -0.3 is 15.5 Å². The zero-order valence-electron chi connectivity index (χ0n) is 9.58.